The van der Waals surface area contributed by atoms with E-state index >= 15 is 0 Å². The Morgan fingerprint density at radius 3 is 2.45 bits per heavy atom. The molecule has 0 radical (unpaired) electrons. The van der Waals surface area contributed by atoms with E-state index in [2.05, 4.69) is 4.90 Å². The normalized spacial score (nSPS) is 25.1. The Morgan fingerprint density at radius 2 is 1.85 bits per heavy atom. The van der Waals surface area contributed by atoms with Crippen LogP contribution in [0.1, 0.15) is 45.4 Å². The number of carbonyl (C=O) groups is 2. The van der Waals surface area contributed by atoms with Crippen molar-refractivity contribution in [3.8, 4) is 0 Å². The molecule has 114 valence electrons. The summed E-state index contributed by atoms with van der Waals surface area (Å²) < 4.78 is 0. The van der Waals surface area contributed by atoms with Gasteiger partial charge in [0.15, 0.2) is 0 Å². The van der Waals surface area contributed by atoms with Gasteiger partial charge in [0, 0.05) is 32.0 Å². The zero-order valence-electron chi connectivity index (χ0n) is 12.4. The Bertz CT molecular complexity index is 351. The molecule has 2 fully saturated rings. The summed E-state index contributed by atoms with van der Waals surface area (Å²) in [5.74, 6) is -0.0760. The number of hydrogen-bond acceptors (Lipinski definition) is 3. The lowest BCUT2D eigenvalue weighted by Crippen LogP contribution is -2.45. The second-order valence-corrected chi connectivity index (χ2v) is 6.08. The van der Waals surface area contributed by atoms with Gasteiger partial charge in [0.05, 0.1) is 0 Å². The fourth-order valence-electron chi connectivity index (χ4n) is 3.48. The zero-order chi connectivity index (χ0) is 14.5. The Labute approximate surface area is 120 Å². The number of carboxylic acids is 1. The number of nitrogens with zero attached hydrogens (tertiary/aromatic N) is 2. The van der Waals surface area contributed by atoms with E-state index in [1.54, 1.807) is 0 Å². The summed E-state index contributed by atoms with van der Waals surface area (Å²) in [4.78, 5) is 27.1. The number of carbonyl (C=O) groups excluding carboxylic acids is 1. The van der Waals surface area contributed by atoms with Gasteiger partial charge in [-0.3, -0.25) is 9.59 Å². The van der Waals surface area contributed by atoms with E-state index in [1.807, 2.05) is 11.8 Å². The van der Waals surface area contributed by atoms with E-state index in [0.29, 0.717) is 24.8 Å². The molecule has 1 N–H and O–H groups in total. The molecular weight excluding hydrogens is 256 g/mol. The predicted molar refractivity (Wildman–Crippen MR) is 76.4 cm³/mol. The molecule has 0 bridgehead atoms. The average molecular weight is 282 g/mol. The summed E-state index contributed by atoms with van der Waals surface area (Å²) in [7, 11) is 0. The molecule has 0 aromatic heterocycles. The smallest absolute Gasteiger partial charge is 0.303 e. The molecule has 20 heavy (non-hydrogen) atoms. The van der Waals surface area contributed by atoms with Crippen LogP contribution < -0.4 is 0 Å². The van der Waals surface area contributed by atoms with Gasteiger partial charge in [-0.25, -0.2) is 0 Å². The highest BCUT2D eigenvalue weighted by atomic mass is 16.4. The third kappa shape index (κ3) is 3.95. The minimum Gasteiger partial charge on any atom is -0.481 e. The fraction of sp³-hybridized carbons (Fsp3) is 0.867. The maximum Gasteiger partial charge on any atom is 0.303 e. The van der Waals surface area contributed by atoms with Gasteiger partial charge in [0.25, 0.3) is 0 Å². The Balaban J connectivity index is 1.77. The Morgan fingerprint density at radius 1 is 1.15 bits per heavy atom. The van der Waals surface area contributed by atoms with E-state index in [0.717, 1.165) is 51.9 Å². The first kappa shape index (κ1) is 15.3. The van der Waals surface area contributed by atoms with Crippen molar-refractivity contribution < 1.29 is 14.7 Å². The maximum absolute atomic E-state index is 11.9. The summed E-state index contributed by atoms with van der Waals surface area (Å²) in [6, 6.07) is 0.374. The monoisotopic (exact) mass is 282 g/mol. The number of rotatable bonds is 5. The molecule has 1 atom stereocenters. The molecule has 0 spiro atoms. The van der Waals surface area contributed by atoms with Gasteiger partial charge < -0.3 is 14.9 Å². The van der Waals surface area contributed by atoms with Crippen molar-refractivity contribution >= 4 is 11.9 Å². The van der Waals surface area contributed by atoms with Crippen LogP contribution in [0.5, 0.6) is 0 Å². The molecule has 0 aromatic carbocycles. The van der Waals surface area contributed by atoms with Crippen molar-refractivity contribution in [1.29, 1.82) is 0 Å². The van der Waals surface area contributed by atoms with Crippen LogP contribution in [0.25, 0.3) is 0 Å². The molecule has 2 aliphatic heterocycles. The van der Waals surface area contributed by atoms with Crippen molar-refractivity contribution in [2.45, 2.75) is 51.5 Å². The number of aliphatic carboxylic acids is 1. The quantitative estimate of drug-likeness (QED) is 0.831. The first-order valence-corrected chi connectivity index (χ1v) is 7.83. The molecule has 1 unspecified atom stereocenters. The molecule has 2 aliphatic rings. The molecular formula is C15H26N2O3. The first-order valence-electron chi connectivity index (χ1n) is 7.83. The summed E-state index contributed by atoms with van der Waals surface area (Å²) in [5.41, 5.74) is 0. The molecule has 2 saturated heterocycles. The van der Waals surface area contributed by atoms with E-state index < -0.39 is 5.97 Å². The largest absolute Gasteiger partial charge is 0.481 e. The highest BCUT2D eigenvalue weighted by Gasteiger charge is 2.30. The number of hydrogen-bond donors (Lipinski definition) is 1. The zero-order valence-corrected chi connectivity index (χ0v) is 12.4. The van der Waals surface area contributed by atoms with E-state index in [4.69, 9.17) is 5.11 Å². The lowest BCUT2D eigenvalue weighted by molar-refractivity contribution is -0.138. The summed E-state index contributed by atoms with van der Waals surface area (Å²) >= 11 is 0. The third-order valence-corrected chi connectivity index (χ3v) is 4.64. The average Bonchev–Trinajstić information content (AvgIpc) is 2.87. The van der Waals surface area contributed by atoms with Gasteiger partial charge in [-0.1, -0.05) is 6.92 Å². The van der Waals surface area contributed by atoms with Crippen molar-refractivity contribution in [2.24, 2.45) is 5.92 Å². The number of amides is 1. The van der Waals surface area contributed by atoms with Crippen LogP contribution in [-0.4, -0.2) is 59.0 Å². The SMILES string of the molecule is CCC(=O)N1CCCC1CN1CCC(CC(=O)O)CC1. The third-order valence-electron chi connectivity index (χ3n) is 4.64. The van der Waals surface area contributed by atoms with Crippen LogP contribution in [0.3, 0.4) is 0 Å². The summed E-state index contributed by atoms with van der Waals surface area (Å²) in [6.07, 6.45) is 5.07. The van der Waals surface area contributed by atoms with Crippen LogP contribution in [0.15, 0.2) is 0 Å². The summed E-state index contributed by atoms with van der Waals surface area (Å²) in [5, 5.41) is 8.83. The van der Waals surface area contributed by atoms with E-state index in [-0.39, 0.29) is 5.91 Å². The van der Waals surface area contributed by atoms with Gasteiger partial charge in [-0.05, 0) is 44.7 Å². The number of carboxylic acid groups (broad SMARTS) is 1. The molecule has 5 heteroatoms. The van der Waals surface area contributed by atoms with Gasteiger partial charge in [-0.2, -0.15) is 0 Å². The fourth-order valence-corrected chi connectivity index (χ4v) is 3.48. The van der Waals surface area contributed by atoms with Crippen LogP contribution in [0.2, 0.25) is 0 Å². The van der Waals surface area contributed by atoms with E-state index in [1.165, 1.54) is 0 Å². The highest BCUT2D eigenvalue weighted by molar-refractivity contribution is 5.76. The Hall–Kier alpha value is -1.10. The predicted octanol–water partition coefficient (Wildman–Crippen LogP) is 1.57. The molecule has 0 aromatic rings. The minimum absolute atomic E-state index is 0.272. The van der Waals surface area contributed by atoms with Gasteiger partial charge in [0.1, 0.15) is 0 Å². The van der Waals surface area contributed by atoms with Gasteiger partial charge in [0.2, 0.25) is 5.91 Å². The second kappa shape index (κ2) is 7.07. The van der Waals surface area contributed by atoms with Crippen LogP contribution in [0, 0.1) is 5.92 Å². The highest BCUT2D eigenvalue weighted by Crippen LogP contribution is 2.24. The standard InChI is InChI=1S/C15H26N2O3/c1-2-14(18)17-7-3-4-13(17)11-16-8-5-12(6-9-16)10-15(19)20/h12-13H,2-11H2,1H3,(H,19,20). The Kier molecular flexibility index (Phi) is 5.40. The molecule has 5 nitrogen and oxygen atoms in total. The topological polar surface area (TPSA) is 60.9 Å². The van der Waals surface area contributed by atoms with Gasteiger partial charge in [-0.15, -0.1) is 0 Å². The van der Waals surface area contributed by atoms with Crippen LogP contribution >= 0.6 is 0 Å². The van der Waals surface area contributed by atoms with Crippen molar-refractivity contribution in [3.63, 3.8) is 0 Å². The van der Waals surface area contributed by atoms with Crippen molar-refractivity contribution in [3.05, 3.63) is 0 Å². The molecule has 0 saturated carbocycles. The number of piperidine rings is 1. The van der Waals surface area contributed by atoms with Crippen LogP contribution in [-0.2, 0) is 9.59 Å². The second-order valence-electron chi connectivity index (χ2n) is 6.08. The first-order chi connectivity index (χ1) is 9.60. The van der Waals surface area contributed by atoms with Gasteiger partial charge >= 0.3 is 5.97 Å². The lowest BCUT2D eigenvalue weighted by atomic mass is 9.93. The molecule has 2 rings (SSSR count). The molecule has 2 heterocycles. The molecule has 1 amide bonds. The van der Waals surface area contributed by atoms with Crippen molar-refractivity contribution in [2.75, 3.05) is 26.2 Å². The maximum atomic E-state index is 11.9. The van der Waals surface area contributed by atoms with Crippen molar-refractivity contribution in [1.82, 2.24) is 9.80 Å². The van der Waals surface area contributed by atoms with Crippen LogP contribution in [0.4, 0.5) is 0 Å². The lowest BCUT2D eigenvalue weighted by Gasteiger charge is -2.35. The summed E-state index contributed by atoms with van der Waals surface area (Å²) in [6.45, 7) is 5.75. The number of likely N-dealkylation sites (tertiary alicyclic amines) is 2. The minimum atomic E-state index is -0.682. The van der Waals surface area contributed by atoms with E-state index in [9.17, 15) is 9.59 Å². The molecule has 0 aliphatic carbocycles.